The Morgan fingerprint density at radius 1 is 0.971 bits per heavy atom. The van der Waals surface area contributed by atoms with Gasteiger partial charge in [0.2, 0.25) is 5.88 Å². The van der Waals surface area contributed by atoms with Crippen LogP contribution in [0.3, 0.4) is 0 Å². The second-order valence-corrected chi connectivity index (χ2v) is 8.56. The molecule has 5 heteroatoms. The average molecular weight is 452 g/mol. The van der Waals surface area contributed by atoms with Crippen LogP contribution in [0, 0.1) is 6.92 Å². The molecular formula is C29H29N3O2. The van der Waals surface area contributed by atoms with Crippen molar-refractivity contribution in [3.8, 4) is 22.8 Å². The van der Waals surface area contributed by atoms with Gasteiger partial charge in [0.1, 0.15) is 5.75 Å². The Hall–Kier alpha value is -3.99. The maximum atomic E-state index is 12.9. The third-order valence-electron chi connectivity index (χ3n) is 5.73. The molecule has 0 saturated heterocycles. The summed E-state index contributed by atoms with van der Waals surface area (Å²) >= 11 is 0. The Kier molecular flexibility index (Phi) is 7.02. The van der Waals surface area contributed by atoms with Crippen molar-refractivity contribution in [2.24, 2.45) is 0 Å². The van der Waals surface area contributed by atoms with E-state index < -0.39 is 0 Å². The van der Waals surface area contributed by atoms with Crippen LogP contribution in [0.2, 0.25) is 0 Å². The summed E-state index contributed by atoms with van der Waals surface area (Å²) in [4.78, 5) is 21.7. The molecule has 5 nitrogen and oxygen atoms in total. The first-order chi connectivity index (χ1) is 16.4. The van der Waals surface area contributed by atoms with Crippen molar-refractivity contribution in [1.82, 2.24) is 9.97 Å². The summed E-state index contributed by atoms with van der Waals surface area (Å²) in [5, 5.41) is 2.99. The molecule has 172 valence electrons. The van der Waals surface area contributed by atoms with Gasteiger partial charge >= 0.3 is 0 Å². The van der Waals surface area contributed by atoms with E-state index in [-0.39, 0.29) is 5.91 Å². The van der Waals surface area contributed by atoms with Gasteiger partial charge in [-0.05, 0) is 78.4 Å². The molecule has 2 aromatic heterocycles. The smallest absolute Gasteiger partial charge is 0.255 e. The van der Waals surface area contributed by atoms with Crippen molar-refractivity contribution in [3.05, 3.63) is 102 Å². The van der Waals surface area contributed by atoms with E-state index in [1.165, 1.54) is 0 Å². The van der Waals surface area contributed by atoms with E-state index in [0.717, 1.165) is 34.4 Å². The minimum Gasteiger partial charge on any atom is -0.438 e. The van der Waals surface area contributed by atoms with Crippen LogP contribution in [0.1, 0.15) is 53.9 Å². The quantitative estimate of drug-likeness (QED) is 0.323. The number of hydrogen-bond acceptors (Lipinski definition) is 4. The monoisotopic (exact) mass is 451 g/mol. The van der Waals surface area contributed by atoms with Gasteiger partial charge in [-0.15, -0.1) is 0 Å². The number of nitrogens with zero attached hydrogens (tertiary/aromatic N) is 2. The molecule has 2 heterocycles. The molecule has 2 aromatic carbocycles. The minimum absolute atomic E-state index is 0.153. The number of carbonyl (C=O) groups is 1. The number of amides is 1. The molecule has 0 aliphatic carbocycles. The molecule has 1 N–H and O–H groups in total. The zero-order chi connectivity index (χ0) is 24.1. The first-order valence-electron chi connectivity index (χ1n) is 11.5. The second-order valence-electron chi connectivity index (χ2n) is 8.56. The summed E-state index contributed by atoms with van der Waals surface area (Å²) in [6.45, 7) is 8.27. The van der Waals surface area contributed by atoms with Crippen LogP contribution in [0.15, 0.2) is 79.1 Å². The highest BCUT2D eigenvalue weighted by Crippen LogP contribution is 2.34. The minimum atomic E-state index is -0.153. The molecule has 0 unspecified atom stereocenters. The normalized spacial score (nSPS) is 10.9. The van der Waals surface area contributed by atoms with Gasteiger partial charge in [-0.2, -0.15) is 0 Å². The average Bonchev–Trinajstić information content (AvgIpc) is 2.86. The maximum absolute atomic E-state index is 12.9. The first kappa shape index (κ1) is 23.2. The lowest BCUT2D eigenvalue weighted by atomic mass is 10.0. The van der Waals surface area contributed by atoms with Crippen LogP contribution < -0.4 is 10.1 Å². The summed E-state index contributed by atoms with van der Waals surface area (Å²) < 4.78 is 6.26. The van der Waals surface area contributed by atoms with Crippen LogP contribution in [0.25, 0.3) is 11.1 Å². The fourth-order valence-corrected chi connectivity index (χ4v) is 3.67. The number of aryl methyl sites for hydroxylation is 2. The van der Waals surface area contributed by atoms with Crippen LogP contribution in [0.5, 0.6) is 11.6 Å². The Morgan fingerprint density at radius 2 is 1.82 bits per heavy atom. The van der Waals surface area contributed by atoms with E-state index in [1.54, 1.807) is 12.4 Å². The molecule has 0 fully saturated rings. The lowest BCUT2D eigenvalue weighted by molar-refractivity contribution is 0.102. The fourth-order valence-electron chi connectivity index (χ4n) is 3.67. The number of hydrogen-bond donors (Lipinski definition) is 1. The topological polar surface area (TPSA) is 64.1 Å². The van der Waals surface area contributed by atoms with Gasteiger partial charge in [-0.3, -0.25) is 9.78 Å². The van der Waals surface area contributed by atoms with Crippen molar-refractivity contribution < 1.29 is 9.53 Å². The molecule has 0 aliphatic rings. The molecule has 0 aliphatic heterocycles. The highest BCUT2D eigenvalue weighted by atomic mass is 16.5. The van der Waals surface area contributed by atoms with E-state index in [2.05, 4.69) is 42.1 Å². The number of carbonyl (C=O) groups excluding carboxylic acids is 1. The van der Waals surface area contributed by atoms with Crippen LogP contribution in [0.4, 0.5) is 5.69 Å². The number of anilines is 1. The summed E-state index contributed by atoms with van der Waals surface area (Å²) in [5.41, 5.74) is 6.27. The molecule has 4 rings (SSSR count). The van der Waals surface area contributed by atoms with Gasteiger partial charge in [0.15, 0.2) is 0 Å². The Labute approximate surface area is 200 Å². The first-order valence-corrected chi connectivity index (χ1v) is 11.5. The van der Waals surface area contributed by atoms with Gasteiger partial charge in [0.05, 0.1) is 0 Å². The van der Waals surface area contributed by atoms with Crippen LogP contribution in [-0.4, -0.2) is 15.9 Å². The Balaban J connectivity index is 1.59. The molecule has 0 radical (unpaired) electrons. The maximum Gasteiger partial charge on any atom is 0.255 e. The number of benzene rings is 2. The summed E-state index contributed by atoms with van der Waals surface area (Å²) in [7, 11) is 0. The van der Waals surface area contributed by atoms with E-state index in [1.807, 2.05) is 67.6 Å². The van der Waals surface area contributed by atoms with Crippen molar-refractivity contribution >= 4 is 11.6 Å². The largest absolute Gasteiger partial charge is 0.438 e. The van der Waals surface area contributed by atoms with E-state index in [4.69, 9.17) is 4.74 Å². The highest BCUT2D eigenvalue weighted by molar-refractivity contribution is 6.04. The van der Waals surface area contributed by atoms with Gasteiger partial charge in [0.25, 0.3) is 5.91 Å². The molecule has 0 spiro atoms. The van der Waals surface area contributed by atoms with Crippen molar-refractivity contribution in [1.29, 1.82) is 0 Å². The van der Waals surface area contributed by atoms with E-state index in [0.29, 0.717) is 28.8 Å². The predicted molar refractivity (Wildman–Crippen MR) is 137 cm³/mol. The summed E-state index contributed by atoms with van der Waals surface area (Å²) in [6.07, 6.45) is 4.37. The zero-order valence-corrected chi connectivity index (χ0v) is 20.0. The summed E-state index contributed by atoms with van der Waals surface area (Å²) in [5.74, 6) is 1.35. The third-order valence-corrected chi connectivity index (χ3v) is 5.73. The Bertz CT molecular complexity index is 1310. The molecule has 34 heavy (non-hydrogen) atoms. The van der Waals surface area contributed by atoms with Crippen molar-refractivity contribution in [2.45, 2.75) is 40.0 Å². The SMILES string of the molecule is CCc1cc(-c2cccnc2Oc2cc(NC(=O)c3cccc(C(C)C)c3)ccc2C)ccn1. The lowest BCUT2D eigenvalue weighted by Gasteiger charge is -2.14. The zero-order valence-electron chi connectivity index (χ0n) is 20.0. The molecule has 4 aromatic rings. The molecule has 0 saturated carbocycles. The highest BCUT2D eigenvalue weighted by Gasteiger charge is 2.13. The predicted octanol–water partition coefficient (Wildman–Crippen LogP) is 7.18. The molecule has 0 atom stereocenters. The fraction of sp³-hybridized carbons (Fsp3) is 0.207. The number of ether oxygens (including phenoxy) is 1. The number of nitrogens with one attached hydrogen (secondary N) is 1. The van der Waals surface area contributed by atoms with Gasteiger partial charge < -0.3 is 10.1 Å². The summed E-state index contributed by atoms with van der Waals surface area (Å²) in [6, 6.07) is 21.2. The molecule has 0 bridgehead atoms. The number of aromatic nitrogens is 2. The number of pyridine rings is 2. The second kappa shape index (κ2) is 10.3. The van der Waals surface area contributed by atoms with Crippen molar-refractivity contribution in [3.63, 3.8) is 0 Å². The van der Waals surface area contributed by atoms with E-state index >= 15 is 0 Å². The number of rotatable bonds is 7. The van der Waals surface area contributed by atoms with Gasteiger partial charge in [-0.1, -0.05) is 39.0 Å². The van der Waals surface area contributed by atoms with Crippen LogP contribution in [-0.2, 0) is 6.42 Å². The van der Waals surface area contributed by atoms with Gasteiger partial charge in [-0.25, -0.2) is 4.98 Å². The van der Waals surface area contributed by atoms with Crippen LogP contribution >= 0.6 is 0 Å². The molecule has 1 amide bonds. The third kappa shape index (κ3) is 5.31. The Morgan fingerprint density at radius 3 is 2.62 bits per heavy atom. The lowest BCUT2D eigenvalue weighted by Crippen LogP contribution is -2.12. The van der Waals surface area contributed by atoms with Crippen molar-refractivity contribution in [2.75, 3.05) is 5.32 Å². The standard InChI is InChI=1S/C29H29N3O2/c1-5-24-17-22(13-15-30-24)26-10-7-14-31-29(26)34-27-18-25(12-11-20(27)4)32-28(33)23-9-6-8-21(16-23)19(2)3/h6-19H,5H2,1-4H3,(H,32,33). The molecular weight excluding hydrogens is 422 g/mol. The van der Waals surface area contributed by atoms with E-state index in [9.17, 15) is 4.79 Å². The van der Waals surface area contributed by atoms with Gasteiger partial charge in [0, 0.05) is 41.0 Å².